The number of Topliss-reactive ketones (excluding diaryl/α,β-unsaturated/α-hetero) is 1. The number of carbonyl (C=O) groups is 3. The molecule has 3 rings (SSSR count). The van der Waals surface area contributed by atoms with Gasteiger partial charge in [-0.15, -0.1) is 0 Å². The highest BCUT2D eigenvalue weighted by Gasteiger charge is 2.19. The number of ketones is 3. The number of benzene rings is 3. The Kier molecular flexibility index (Phi) is 4.66. The summed E-state index contributed by atoms with van der Waals surface area (Å²) >= 11 is 0. The van der Waals surface area contributed by atoms with Crippen LogP contribution in [0.25, 0.3) is 0 Å². The smallest absolute Gasteiger partial charge is 0.193 e. The molecule has 0 aromatic heterocycles. The summed E-state index contributed by atoms with van der Waals surface area (Å²) in [5.74, 6) is -0.659. The van der Waals surface area contributed by atoms with Crippen LogP contribution in [0.5, 0.6) is 0 Å². The Hall–Kier alpha value is -3.33. The Balaban J connectivity index is 2.04. The predicted molar refractivity (Wildman–Crippen MR) is 96.2 cm³/mol. The molecule has 0 saturated heterocycles. The quantitative estimate of drug-likeness (QED) is 0.654. The minimum absolute atomic E-state index is 0.179. The van der Waals surface area contributed by atoms with Gasteiger partial charge in [-0.05, 0) is 19.1 Å². The molecule has 3 heteroatoms. The summed E-state index contributed by atoms with van der Waals surface area (Å²) in [4.78, 5) is 37.3. The fourth-order valence-electron chi connectivity index (χ4n) is 2.68. The first-order chi connectivity index (χ1) is 12.1. The molecule has 0 aliphatic heterocycles. The Labute approximate surface area is 145 Å². The van der Waals surface area contributed by atoms with Crippen LogP contribution in [-0.4, -0.2) is 17.3 Å². The zero-order valence-corrected chi connectivity index (χ0v) is 13.7. The van der Waals surface area contributed by atoms with Gasteiger partial charge >= 0.3 is 0 Å². The van der Waals surface area contributed by atoms with Crippen LogP contribution >= 0.6 is 0 Å². The molecule has 0 N–H and O–H groups in total. The Morgan fingerprint density at radius 3 is 1.60 bits per heavy atom. The second kappa shape index (κ2) is 7.05. The monoisotopic (exact) mass is 328 g/mol. The third kappa shape index (κ3) is 3.45. The SMILES string of the molecule is CC(=O)c1cc(C(=O)c2ccccc2)ccc1C(=O)c1ccccc1. The van der Waals surface area contributed by atoms with Gasteiger partial charge in [-0.3, -0.25) is 14.4 Å². The molecule has 0 bridgehead atoms. The van der Waals surface area contributed by atoms with Gasteiger partial charge in [-0.1, -0.05) is 66.7 Å². The first kappa shape index (κ1) is 16.5. The van der Waals surface area contributed by atoms with Crippen LogP contribution in [-0.2, 0) is 0 Å². The van der Waals surface area contributed by atoms with E-state index in [-0.39, 0.29) is 22.9 Å². The summed E-state index contributed by atoms with van der Waals surface area (Å²) < 4.78 is 0. The third-order valence-corrected chi connectivity index (χ3v) is 3.98. The van der Waals surface area contributed by atoms with Crippen molar-refractivity contribution in [3.05, 3.63) is 107 Å². The van der Waals surface area contributed by atoms with Crippen molar-refractivity contribution in [1.29, 1.82) is 0 Å². The van der Waals surface area contributed by atoms with Crippen LogP contribution < -0.4 is 0 Å². The molecule has 0 heterocycles. The standard InChI is InChI=1S/C22H16O3/c1-15(23)20-14-18(21(24)16-8-4-2-5-9-16)12-13-19(20)22(25)17-10-6-3-7-11-17/h2-14H,1H3. The second-order valence-corrected chi connectivity index (χ2v) is 5.71. The van der Waals surface area contributed by atoms with Crippen molar-refractivity contribution in [2.75, 3.05) is 0 Å². The molecule has 0 spiro atoms. The molecule has 3 aromatic carbocycles. The highest BCUT2D eigenvalue weighted by atomic mass is 16.1. The molecular formula is C22H16O3. The molecule has 0 fully saturated rings. The predicted octanol–water partition coefficient (Wildman–Crippen LogP) is 4.35. The second-order valence-electron chi connectivity index (χ2n) is 5.71. The number of hydrogen-bond donors (Lipinski definition) is 0. The average Bonchev–Trinajstić information content (AvgIpc) is 2.67. The zero-order valence-electron chi connectivity index (χ0n) is 13.7. The van der Waals surface area contributed by atoms with E-state index in [9.17, 15) is 14.4 Å². The van der Waals surface area contributed by atoms with Crippen LogP contribution in [0.4, 0.5) is 0 Å². The molecule has 0 saturated carbocycles. The summed E-state index contributed by atoms with van der Waals surface area (Å²) in [6.07, 6.45) is 0. The van der Waals surface area contributed by atoms with Crippen molar-refractivity contribution in [1.82, 2.24) is 0 Å². The highest BCUT2D eigenvalue weighted by molar-refractivity contribution is 6.17. The van der Waals surface area contributed by atoms with Crippen molar-refractivity contribution in [2.24, 2.45) is 0 Å². The van der Waals surface area contributed by atoms with E-state index in [0.29, 0.717) is 22.3 Å². The van der Waals surface area contributed by atoms with Crippen LogP contribution in [0.15, 0.2) is 78.9 Å². The maximum atomic E-state index is 12.7. The number of carbonyl (C=O) groups excluding carboxylic acids is 3. The lowest BCUT2D eigenvalue weighted by Crippen LogP contribution is -2.11. The first-order valence-electron chi connectivity index (χ1n) is 7.92. The fraction of sp³-hybridized carbons (Fsp3) is 0.0455. The topological polar surface area (TPSA) is 51.2 Å². The molecule has 0 radical (unpaired) electrons. The van der Waals surface area contributed by atoms with Gasteiger partial charge in [-0.25, -0.2) is 0 Å². The van der Waals surface area contributed by atoms with Crippen molar-refractivity contribution in [2.45, 2.75) is 6.92 Å². The van der Waals surface area contributed by atoms with Gasteiger partial charge in [-0.2, -0.15) is 0 Å². The van der Waals surface area contributed by atoms with E-state index >= 15 is 0 Å². The minimum Gasteiger partial charge on any atom is -0.294 e. The highest BCUT2D eigenvalue weighted by Crippen LogP contribution is 2.19. The van der Waals surface area contributed by atoms with Crippen molar-refractivity contribution in [3.8, 4) is 0 Å². The van der Waals surface area contributed by atoms with E-state index < -0.39 is 0 Å². The summed E-state index contributed by atoms with van der Waals surface area (Å²) in [7, 11) is 0. The third-order valence-electron chi connectivity index (χ3n) is 3.98. The molecule has 122 valence electrons. The van der Waals surface area contributed by atoms with Crippen molar-refractivity contribution >= 4 is 17.3 Å². The van der Waals surface area contributed by atoms with Crippen LogP contribution in [0.3, 0.4) is 0 Å². The van der Waals surface area contributed by atoms with E-state index in [1.807, 2.05) is 12.1 Å². The molecule has 3 aromatic rings. The Morgan fingerprint density at radius 2 is 1.08 bits per heavy atom. The van der Waals surface area contributed by atoms with Gasteiger partial charge in [0.1, 0.15) is 0 Å². The van der Waals surface area contributed by atoms with Gasteiger partial charge in [0.25, 0.3) is 0 Å². The van der Waals surface area contributed by atoms with E-state index in [1.165, 1.54) is 13.0 Å². The molecule has 0 atom stereocenters. The summed E-state index contributed by atoms with van der Waals surface area (Å²) in [6, 6.07) is 22.3. The maximum absolute atomic E-state index is 12.7. The van der Waals surface area contributed by atoms with Gasteiger partial charge < -0.3 is 0 Å². The fourth-order valence-corrected chi connectivity index (χ4v) is 2.68. The summed E-state index contributed by atoms with van der Waals surface area (Å²) in [6.45, 7) is 1.40. The lowest BCUT2D eigenvalue weighted by molar-refractivity contribution is 0.0989. The molecule has 0 unspecified atom stereocenters. The van der Waals surface area contributed by atoms with Crippen LogP contribution in [0.2, 0.25) is 0 Å². The van der Waals surface area contributed by atoms with Gasteiger partial charge in [0.15, 0.2) is 17.3 Å². The van der Waals surface area contributed by atoms with E-state index in [2.05, 4.69) is 0 Å². The number of rotatable bonds is 5. The van der Waals surface area contributed by atoms with Gasteiger partial charge in [0.05, 0.1) is 0 Å². The largest absolute Gasteiger partial charge is 0.294 e. The molecule has 0 aliphatic rings. The molecular weight excluding hydrogens is 312 g/mol. The van der Waals surface area contributed by atoms with E-state index in [1.54, 1.807) is 60.7 Å². The van der Waals surface area contributed by atoms with E-state index in [4.69, 9.17) is 0 Å². The molecule has 0 amide bonds. The van der Waals surface area contributed by atoms with Crippen molar-refractivity contribution < 1.29 is 14.4 Å². The van der Waals surface area contributed by atoms with Crippen LogP contribution in [0, 0.1) is 0 Å². The summed E-state index contributed by atoms with van der Waals surface area (Å²) in [5.41, 5.74) is 2.01. The minimum atomic E-state index is -0.248. The molecule has 3 nitrogen and oxygen atoms in total. The maximum Gasteiger partial charge on any atom is 0.193 e. The summed E-state index contributed by atoms with van der Waals surface area (Å²) in [5, 5.41) is 0. The Morgan fingerprint density at radius 1 is 0.560 bits per heavy atom. The zero-order chi connectivity index (χ0) is 17.8. The Bertz CT molecular complexity index is 942. The van der Waals surface area contributed by atoms with Crippen LogP contribution in [0.1, 0.15) is 49.1 Å². The van der Waals surface area contributed by atoms with E-state index in [0.717, 1.165) is 0 Å². The van der Waals surface area contributed by atoms with Crippen molar-refractivity contribution in [3.63, 3.8) is 0 Å². The lowest BCUT2D eigenvalue weighted by atomic mass is 9.92. The molecule has 25 heavy (non-hydrogen) atoms. The first-order valence-corrected chi connectivity index (χ1v) is 7.92. The lowest BCUT2D eigenvalue weighted by Gasteiger charge is -2.09. The van der Waals surface area contributed by atoms with Gasteiger partial charge in [0, 0.05) is 27.8 Å². The normalized spacial score (nSPS) is 10.3. The van der Waals surface area contributed by atoms with Gasteiger partial charge in [0.2, 0.25) is 0 Å². The average molecular weight is 328 g/mol. The molecule has 0 aliphatic carbocycles. The number of hydrogen-bond acceptors (Lipinski definition) is 3.